The summed E-state index contributed by atoms with van der Waals surface area (Å²) in [6.45, 7) is 7.94. The molecule has 4 rings (SSSR count). The van der Waals surface area contributed by atoms with Crippen molar-refractivity contribution in [3.8, 4) is 17.0 Å². The van der Waals surface area contributed by atoms with Gasteiger partial charge in [-0.25, -0.2) is 9.97 Å². The van der Waals surface area contributed by atoms with Crippen LogP contribution in [0.2, 0.25) is 0 Å². The van der Waals surface area contributed by atoms with Gasteiger partial charge in [0.2, 0.25) is 5.88 Å². The van der Waals surface area contributed by atoms with Crippen LogP contribution < -0.4 is 10.1 Å². The molecular formula is C23H33N3O5S2. The number of thioether (sulfide) groups is 1. The van der Waals surface area contributed by atoms with Crippen molar-refractivity contribution in [1.29, 1.82) is 0 Å². The van der Waals surface area contributed by atoms with Crippen molar-refractivity contribution >= 4 is 39.8 Å². The smallest absolute Gasteiger partial charge is 0.293 e. The molecule has 1 fully saturated rings. The number of ether oxygens (including phenoxy) is 2. The first kappa shape index (κ1) is 28.8. The lowest BCUT2D eigenvalue weighted by Crippen LogP contribution is -2.34. The molecule has 182 valence electrons. The van der Waals surface area contributed by atoms with Crippen LogP contribution >= 0.6 is 23.1 Å². The number of hydrogen-bond acceptors (Lipinski definition) is 8. The second-order valence-corrected chi connectivity index (χ2v) is 9.89. The Bertz CT molecular complexity index is 984. The summed E-state index contributed by atoms with van der Waals surface area (Å²) in [6, 6.07) is 8.61. The minimum absolute atomic E-state index is 0. The lowest BCUT2D eigenvalue weighted by Gasteiger charge is -2.23. The van der Waals surface area contributed by atoms with Crippen LogP contribution in [0.3, 0.4) is 0 Å². The van der Waals surface area contributed by atoms with Crippen molar-refractivity contribution in [2.45, 2.75) is 50.2 Å². The topological polar surface area (TPSA) is 136 Å². The highest BCUT2D eigenvalue weighted by Crippen LogP contribution is 2.37. The number of aromatic nitrogens is 2. The Morgan fingerprint density at radius 2 is 1.79 bits per heavy atom. The van der Waals surface area contributed by atoms with E-state index in [0.717, 1.165) is 47.6 Å². The monoisotopic (exact) mass is 495 g/mol. The Morgan fingerprint density at radius 1 is 1.12 bits per heavy atom. The van der Waals surface area contributed by atoms with E-state index in [0.29, 0.717) is 6.47 Å². The Labute approximate surface area is 202 Å². The second kappa shape index (κ2) is 13.5. The van der Waals surface area contributed by atoms with E-state index in [4.69, 9.17) is 4.74 Å². The zero-order chi connectivity index (χ0) is 22.3. The van der Waals surface area contributed by atoms with Gasteiger partial charge >= 0.3 is 0 Å². The van der Waals surface area contributed by atoms with Crippen molar-refractivity contribution < 1.29 is 25.2 Å². The molecule has 1 saturated heterocycles. The maximum absolute atomic E-state index is 9.60. The van der Waals surface area contributed by atoms with Gasteiger partial charge in [0.05, 0.1) is 5.52 Å². The van der Waals surface area contributed by atoms with E-state index in [-0.39, 0.29) is 22.7 Å². The van der Waals surface area contributed by atoms with Crippen LogP contribution in [0.15, 0.2) is 40.9 Å². The molecule has 0 aliphatic carbocycles. The average molecular weight is 496 g/mol. The summed E-state index contributed by atoms with van der Waals surface area (Å²) in [7, 11) is 0. The van der Waals surface area contributed by atoms with E-state index in [2.05, 4.69) is 55.9 Å². The van der Waals surface area contributed by atoms with Gasteiger partial charge in [0.15, 0.2) is 0 Å². The van der Waals surface area contributed by atoms with E-state index in [9.17, 15) is 4.79 Å². The molecule has 5 N–H and O–H groups in total. The van der Waals surface area contributed by atoms with Gasteiger partial charge in [-0.2, -0.15) is 0 Å². The molecule has 0 amide bonds. The number of thiophene rings is 1. The van der Waals surface area contributed by atoms with Gasteiger partial charge in [-0.1, -0.05) is 12.1 Å². The lowest BCUT2D eigenvalue weighted by molar-refractivity contribution is -0.138. The second-order valence-electron chi connectivity index (χ2n) is 8.13. The van der Waals surface area contributed by atoms with Crippen LogP contribution in [0.25, 0.3) is 21.3 Å². The molecular weight excluding hydrogens is 462 g/mol. The number of piperidine rings is 1. The number of benzene rings is 1. The summed E-state index contributed by atoms with van der Waals surface area (Å²) in [5, 5.41) is 5.52. The minimum atomic E-state index is -0.318. The molecule has 10 heteroatoms. The highest BCUT2D eigenvalue weighted by atomic mass is 32.2. The molecule has 1 aromatic carbocycles. The summed E-state index contributed by atoms with van der Waals surface area (Å²) in [6.07, 6.45) is 6.01. The minimum Gasteiger partial charge on any atom is -0.473 e. The van der Waals surface area contributed by atoms with Crippen molar-refractivity contribution in [1.82, 2.24) is 15.3 Å². The molecule has 0 radical (unpaired) electrons. The van der Waals surface area contributed by atoms with Crippen LogP contribution in [0.1, 0.15) is 33.6 Å². The van der Waals surface area contributed by atoms with E-state index >= 15 is 0 Å². The predicted octanol–water partition coefficient (Wildman–Crippen LogP) is 3.52. The Hall–Kier alpha value is -2.24. The molecule has 3 heterocycles. The molecule has 0 atom stereocenters. The lowest BCUT2D eigenvalue weighted by atomic mass is 10.1. The van der Waals surface area contributed by atoms with Crippen LogP contribution in [0, 0.1) is 0 Å². The van der Waals surface area contributed by atoms with Crippen molar-refractivity contribution in [2.75, 3.05) is 19.3 Å². The first-order valence-corrected chi connectivity index (χ1v) is 12.4. The highest BCUT2D eigenvalue weighted by Gasteiger charge is 2.19. The fraction of sp³-hybridized carbons (Fsp3) is 0.435. The standard InChI is InChI=1S/C18H19N3OS2.C5H10O2.2H2O/c1-23-14-4-2-12(3-5-14)15-10-24-17-16(15)20-11-21-18(17)22-13-6-8-19-9-7-13;1-5(2,3)7-4-6;;/h2-5,10-11,13,19H,6-9H2,1H3;4H,1-3H3;2*1H2. The number of hydrogen-bond donors (Lipinski definition) is 1. The number of rotatable bonds is 5. The van der Waals surface area contributed by atoms with Crippen molar-refractivity contribution in [3.05, 3.63) is 36.0 Å². The summed E-state index contributed by atoms with van der Waals surface area (Å²) < 4.78 is 11.8. The van der Waals surface area contributed by atoms with Gasteiger partial charge in [-0.3, -0.25) is 4.79 Å². The normalized spacial score (nSPS) is 13.7. The third kappa shape index (κ3) is 8.24. The van der Waals surface area contributed by atoms with E-state index in [1.807, 2.05) is 20.8 Å². The zero-order valence-corrected chi connectivity index (χ0v) is 21.0. The fourth-order valence-electron chi connectivity index (χ4n) is 3.10. The van der Waals surface area contributed by atoms with E-state index < -0.39 is 0 Å². The van der Waals surface area contributed by atoms with Gasteiger partial charge < -0.3 is 25.7 Å². The molecule has 1 aliphatic heterocycles. The quantitative estimate of drug-likeness (QED) is 0.422. The Morgan fingerprint density at radius 3 is 2.33 bits per heavy atom. The number of nitrogens with zero attached hydrogens (tertiary/aromatic N) is 2. The molecule has 1 aliphatic rings. The SMILES string of the molecule is CC(C)(C)OC=O.CSc1ccc(-c2csc3c(OC4CCNCC4)ncnc23)cc1.O.O. The largest absolute Gasteiger partial charge is 0.473 e. The van der Waals surface area contributed by atoms with Gasteiger partial charge in [0.25, 0.3) is 6.47 Å². The molecule has 33 heavy (non-hydrogen) atoms. The molecule has 0 bridgehead atoms. The van der Waals surface area contributed by atoms with Gasteiger partial charge in [-0.05, 0) is 70.7 Å². The molecule has 0 saturated carbocycles. The highest BCUT2D eigenvalue weighted by molar-refractivity contribution is 7.98. The van der Waals surface area contributed by atoms with Crippen LogP contribution in [-0.2, 0) is 9.53 Å². The average Bonchev–Trinajstić information content (AvgIpc) is 3.19. The first-order valence-electron chi connectivity index (χ1n) is 10.3. The molecule has 3 aromatic rings. The third-order valence-corrected chi connectivity index (χ3v) is 6.39. The first-order chi connectivity index (χ1) is 14.9. The summed E-state index contributed by atoms with van der Waals surface area (Å²) in [5.41, 5.74) is 3.00. The number of carbonyl (C=O) groups excluding carboxylic acids is 1. The van der Waals surface area contributed by atoms with E-state index in [1.54, 1.807) is 29.4 Å². The number of fused-ring (bicyclic) bond motifs is 1. The van der Waals surface area contributed by atoms with Crippen LogP contribution in [0.5, 0.6) is 5.88 Å². The Kier molecular flexibility index (Phi) is 11.7. The van der Waals surface area contributed by atoms with Gasteiger partial charge in [0.1, 0.15) is 22.7 Å². The number of carbonyl (C=O) groups is 1. The maximum atomic E-state index is 9.60. The third-order valence-electron chi connectivity index (χ3n) is 4.69. The Balaban J connectivity index is 0.000000533. The van der Waals surface area contributed by atoms with Gasteiger partial charge in [-0.15, -0.1) is 23.1 Å². The van der Waals surface area contributed by atoms with Crippen LogP contribution in [-0.4, -0.2) is 58.4 Å². The summed E-state index contributed by atoms with van der Waals surface area (Å²) >= 11 is 3.42. The van der Waals surface area contributed by atoms with Crippen molar-refractivity contribution in [3.63, 3.8) is 0 Å². The summed E-state index contributed by atoms with van der Waals surface area (Å²) in [5.74, 6) is 0.726. The fourth-order valence-corrected chi connectivity index (χ4v) is 4.47. The zero-order valence-electron chi connectivity index (χ0n) is 19.4. The molecule has 0 unspecified atom stereocenters. The van der Waals surface area contributed by atoms with E-state index in [1.165, 1.54) is 10.5 Å². The predicted molar refractivity (Wildman–Crippen MR) is 135 cm³/mol. The maximum Gasteiger partial charge on any atom is 0.293 e. The van der Waals surface area contributed by atoms with Crippen LogP contribution in [0.4, 0.5) is 0 Å². The van der Waals surface area contributed by atoms with Crippen molar-refractivity contribution in [2.24, 2.45) is 0 Å². The summed E-state index contributed by atoms with van der Waals surface area (Å²) in [4.78, 5) is 19.8. The number of nitrogens with one attached hydrogen (secondary N) is 1. The molecule has 0 spiro atoms. The van der Waals surface area contributed by atoms with Gasteiger partial charge in [0, 0.05) is 15.8 Å². The molecule has 8 nitrogen and oxygen atoms in total. The molecule has 2 aromatic heterocycles.